The highest BCUT2D eigenvalue weighted by molar-refractivity contribution is 9.09. The van der Waals surface area contributed by atoms with Gasteiger partial charge in [-0.3, -0.25) is 0 Å². The lowest BCUT2D eigenvalue weighted by atomic mass is 9.86. The number of halogens is 3. The van der Waals surface area contributed by atoms with Crippen LogP contribution in [0.3, 0.4) is 0 Å². The highest BCUT2D eigenvalue weighted by Gasteiger charge is 2.30. The van der Waals surface area contributed by atoms with Crippen LogP contribution in [-0.2, 0) is 10.0 Å². The van der Waals surface area contributed by atoms with E-state index < -0.39 is 15.8 Å². The summed E-state index contributed by atoms with van der Waals surface area (Å²) in [6, 6.07) is 3.01. The van der Waals surface area contributed by atoms with Crippen LogP contribution in [0.2, 0.25) is 5.02 Å². The Labute approximate surface area is 133 Å². The molecule has 0 aliphatic heterocycles. The molecule has 1 unspecified atom stereocenters. The van der Waals surface area contributed by atoms with Crippen molar-refractivity contribution in [3.8, 4) is 0 Å². The summed E-state index contributed by atoms with van der Waals surface area (Å²) in [6.45, 7) is 5.82. The Kier molecular flexibility index (Phi) is 6.01. The van der Waals surface area contributed by atoms with Crippen molar-refractivity contribution in [1.29, 1.82) is 0 Å². The molecular formula is C13H18BrClFNO2S. The molecule has 0 radical (unpaired) electrons. The molecule has 0 saturated heterocycles. The molecule has 0 bridgehead atoms. The van der Waals surface area contributed by atoms with Crippen LogP contribution in [0.4, 0.5) is 4.39 Å². The van der Waals surface area contributed by atoms with Crippen LogP contribution in [0.5, 0.6) is 0 Å². The summed E-state index contributed by atoms with van der Waals surface area (Å²) in [6.07, 6.45) is 0.621. The third-order valence-electron chi connectivity index (χ3n) is 2.92. The van der Waals surface area contributed by atoms with Gasteiger partial charge < -0.3 is 0 Å². The minimum Gasteiger partial charge on any atom is -0.207 e. The quantitative estimate of drug-likeness (QED) is 0.779. The summed E-state index contributed by atoms with van der Waals surface area (Å²) in [5, 5.41) is 0.666. The smallest absolute Gasteiger partial charge is 0.207 e. The first kappa shape index (κ1) is 17.9. The molecule has 0 amide bonds. The van der Waals surface area contributed by atoms with Gasteiger partial charge in [-0.1, -0.05) is 48.3 Å². The molecule has 0 fully saturated rings. The summed E-state index contributed by atoms with van der Waals surface area (Å²) in [4.78, 5) is -0.233. The lowest BCUT2D eigenvalue weighted by Crippen LogP contribution is -2.44. The summed E-state index contributed by atoms with van der Waals surface area (Å²) >= 11 is 9.17. The average Bonchev–Trinajstić information content (AvgIpc) is 2.30. The van der Waals surface area contributed by atoms with Crippen LogP contribution >= 0.6 is 27.5 Å². The van der Waals surface area contributed by atoms with E-state index in [0.29, 0.717) is 11.8 Å². The van der Waals surface area contributed by atoms with E-state index in [1.807, 2.05) is 20.8 Å². The first-order valence-corrected chi connectivity index (χ1v) is 9.09. The van der Waals surface area contributed by atoms with Crippen LogP contribution < -0.4 is 4.72 Å². The van der Waals surface area contributed by atoms with Gasteiger partial charge in [0.25, 0.3) is 0 Å². The van der Waals surface area contributed by atoms with E-state index in [0.717, 1.165) is 12.1 Å². The predicted octanol–water partition coefficient (Wildman–Crippen LogP) is 3.96. The van der Waals surface area contributed by atoms with Gasteiger partial charge in [0.1, 0.15) is 10.7 Å². The van der Waals surface area contributed by atoms with Gasteiger partial charge in [0.15, 0.2) is 0 Å². The normalized spacial score (nSPS) is 14.3. The summed E-state index contributed by atoms with van der Waals surface area (Å²) in [5.41, 5.74) is -0.263. The monoisotopic (exact) mass is 385 g/mol. The van der Waals surface area contributed by atoms with Gasteiger partial charge in [0, 0.05) is 11.4 Å². The fraction of sp³-hybridized carbons (Fsp3) is 0.538. The van der Waals surface area contributed by atoms with Gasteiger partial charge in [0.2, 0.25) is 10.0 Å². The molecule has 1 atom stereocenters. The lowest BCUT2D eigenvalue weighted by Gasteiger charge is -2.31. The molecule has 0 spiro atoms. The topological polar surface area (TPSA) is 46.2 Å². The maximum Gasteiger partial charge on any atom is 0.242 e. The van der Waals surface area contributed by atoms with E-state index in [1.54, 1.807) is 0 Å². The molecule has 0 aliphatic rings. The molecule has 1 N–H and O–H groups in total. The second-order valence-electron chi connectivity index (χ2n) is 5.59. The molecule has 1 rings (SSSR count). The number of alkyl halides is 1. The Morgan fingerprint density at radius 1 is 1.40 bits per heavy atom. The van der Waals surface area contributed by atoms with Crippen molar-refractivity contribution < 1.29 is 12.8 Å². The van der Waals surface area contributed by atoms with Crippen molar-refractivity contribution in [2.45, 2.75) is 38.1 Å². The molecular weight excluding hydrogens is 369 g/mol. The summed E-state index contributed by atoms with van der Waals surface area (Å²) in [7, 11) is -3.86. The van der Waals surface area contributed by atoms with Gasteiger partial charge in [0.05, 0.1) is 5.02 Å². The van der Waals surface area contributed by atoms with E-state index in [4.69, 9.17) is 11.6 Å². The Hall–Kier alpha value is -0.170. The van der Waals surface area contributed by atoms with Crippen LogP contribution in [0, 0.1) is 11.2 Å². The Morgan fingerprint density at radius 2 is 2.00 bits per heavy atom. The maximum atomic E-state index is 13.2. The van der Waals surface area contributed by atoms with E-state index in [1.165, 1.54) is 6.07 Å². The summed E-state index contributed by atoms with van der Waals surface area (Å²) in [5.74, 6) is -0.637. The molecule has 1 aromatic carbocycles. The first-order chi connectivity index (χ1) is 9.08. The minimum absolute atomic E-state index is 0.00500. The second kappa shape index (κ2) is 6.73. The van der Waals surface area contributed by atoms with Crippen molar-refractivity contribution >= 4 is 37.6 Å². The number of benzene rings is 1. The van der Waals surface area contributed by atoms with Crippen LogP contribution in [0.25, 0.3) is 0 Å². The Morgan fingerprint density at radius 3 is 2.50 bits per heavy atom. The SMILES string of the molecule is CC(C)(C)C(CCBr)NS(=O)(=O)c1cc(F)ccc1Cl. The maximum absolute atomic E-state index is 13.2. The van der Waals surface area contributed by atoms with Crippen LogP contribution in [0.15, 0.2) is 23.1 Å². The van der Waals surface area contributed by atoms with E-state index in [9.17, 15) is 12.8 Å². The van der Waals surface area contributed by atoms with E-state index in [2.05, 4.69) is 20.7 Å². The molecule has 0 saturated carbocycles. The third-order valence-corrected chi connectivity index (χ3v) is 5.33. The highest BCUT2D eigenvalue weighted by Crippen LogP contribution is 2.27. The van der Waals surface area contributed by atoms with E-state index in [-0.39, 0.29) is 21.4 Å². The molecule has 3 nitrogen and oxygen atoms in total. The van der Waals surface area contributed by atoms with Crippen LogP contribution in [-0.4, -0.2) is 19.8 Å². The van der Waals surface area contributed by atoms with Gasteiger partial charge in [-0.15, -0.1) is 0 Å². The first-order valence-electron chi connectivity index (χ1n) is 6.11. The van der Waals surface area contributed by atoms with Crippen molar-refractivity contribution in [2.75, 3.05) is 5.33 Å². The average molecular weight is 387 g/mol. The van der Waals surface area contributed by atoms with E-state index >= 15 is 0 Å². The fourth-order valence-corrected chi connectivity index (χ4v) is 4.16. The molecule has 1 aromatic rings. The number of hydrogen-bond acceptors (Lipinski definition) is 2. The van der Waals surface area contributed by atoms with Crippen molar-refractivity contribution in [3.05, 3.63) is 29.0 Å². The zero-order chi connectivity index (χ0) is 15.6. The third kappa shape index (κ3) is 4.69. The van der Waals surface area contributed by atoms with Crippen molar-refractivity contribution in [2.24, 2.45) is 5.41 Å². The van der Waals surface area contributed by atoms with Crippen LogP contribution in [0.1, 0.15) is 27.2 Å². The number of hydrogen-bond donors (Lipinski definition) is 1. The van der Waals surface area contributed by atoms with Gasteiger partial charge in [-0.25, -0.2) is 17.5 Å². The zero-order valence-corrected chi connectivity index (χ0v) is 14.7. The molecule has 114 valence electrons. The highest BCUT2D eigenvalue weighted by atomic mass is 79.9. The van der Waals surface area contributed by atoms with Gasteiger partial charge >= 0.3 is 0 Å². The predicted molar refractivity (Wildman–Crippen MR) is 83.4 cm³/mol. The molecule has 0 aromatic heterocycles. The Balaban J connectivity index is 3.13. The standard InChI is InChI=1S/C13H18BrClFNO2S/c1-13(2,3)12(6-7-14)17-20(18,19)11-8-9(16)4-5-10(11)15/h4-5,8,12,17H,6-7H2,1-3H3. The number of sulfonamides is 1. The zero-order valence-electron chi connectivity index (χ0n) is 11.6. The Bertz CT molecular complexity index is 572. The molecule has 0 aliphatic carbocycles. The fourth-order valence-electron chi connectivity index (χ4n) is 1.71. The van der Waals surface area contributed by atoms with Gasteiger partial charge in [-0.05, 0) is 30.0 Å². The van der Waals surface area contributed by atoms with Crippen molar-refractivity contribution in [3.63, 3.8) is 0 Å². The number of nitrogens with one attached hydrogen (secondary N) is 1. The minimum atomic E-state index is -3.86. The lowest BCUT2D eigenvalue weighted by molar-refractivity contribution is 0.293. The largest absolute Gasteiger partial charge is 0.242 e. The molecule has 0 heterocycles. The molecule has 7 heteroatoms. The summed E-state index contributed by atoms with van der Waals surface area (Å²) < 4.78 is 40.6. The second-order valence-corrected chi connectivity index (χ2v) is 8.47. The van der Waals surface area contributed by atoms with Crippen molar-refractivity contribution in [1.82, 2.24) is 4.72 Å². The van der Waals surface area contributed by atoms with Gasteiger partial charge in [-0.2, -0.15) is 0 Å². The molecule has 20 heavy (non-hydrogen) atoms. The number of rotatable bonds is 5.